The van der Waals surface area contributed by atoms with Gasteiger partial charge in [-0.15, -0.1) is 0 Å². The molecule has 1 aromatic rings. The minimum atomic E-state index is 0.140. The zero-order valence-corrected chi connectivity index (χ0v) is 11.5. The first-order chi connectivity index (χ1) is 8.67. The van der Waals surface area contributed by atoms with Crippen LogP contribution in [0.5, 0.6) is 5.88 Å². The molecule has 1 aliphatic carbocycles. The van der Waals surface area contributed by atoms with Gasteiger partial charge in [0.1, 0.15) is 0 Å². The largest absolute Gasteiger partial charge is 0.475 e. The van der Waals surface area contributed by atoms with Crippen LogP contribution in [0.25, 0.3) is 0 Å². The number of ether oxygens (including phenoxy) is 1. The average Bonchev–Trinajstić information content (AvgIpc) is 3.11. The Hall–Kier alpha value is -1.32. The average molecular weight is 249 g/mol. The van der Waals surface area contributed by atoms with Crippen molar-refractivity contribution in [2.24, 2.45) is 5.92 Å². The Bertz CT molecular complexity index is 377. The van der Waals surface area contributed by atoms with Crippen LogP contribution in [0.1, 0.15) is 46.5 Å². The fourth-order valence-electron chi connectivity index (χ4n) is 1.98. The highest BCUT2D eigenvalue weighted by Gasteiger charge is 2.25. The molecule has 0 aromatic carbocycles. The number of hydrogen-bond donors (Lipinski definition) is 1. The second-order valence-corrected chi connectivity index (χ2v) is 5.31. The molecule has 0 aliphatic heterocycles. The standard InChI is InChI=1S/C14H23N3O/c1-4-12(9-11-5-6-11)16-14-15-8-7-13(17-14)18-10(2)3/h7-8,10-12H,4-6,9H2,1-3H3,(H,15,16,17). The van der Waals surface area contributed by atoms with Crippen molar-refractivity contribution in [1.82, 2.24) is 9.97 Å². The molecule has 0 amide bonds. The van der Waals surface area contributed by atoms with Gasteiger partial charge in [0, 0.05) is 18.3 Å². The smallest absolute Gasteiger partial charge is 0.226 e. The fraction of sp³-hybridized carbons (Fsp3) is 0.714. The van der Waals surface area contributed by atoms with Crippen LogP contribution in [0.3, 0.4) is 0 Å². The molecule has 100 valence electrons. The van der Waals surface area contributed by atoms with Crippen LogP contribution in [-0.2, 0) is 0 Å². The Labute approximate surface area is 109 Å². The summed E-state index contributed by atoms with van der Waals surface area (Å²) >= 11 is 0. The van der Waals surface area contributed by atoms with Gasteiger partial charge in [-0.05, 0) is 32.6 Å². The summed E-state index contributed by atoms with van der Waals surface area (Å²) in [4.78, 5) is 8.64. The SMILES string of the molecule is CCC(CC1CC1)Nc1nccc(OC(C)C)n1. The third-order valence-corrected chi connectivity index (χ3v) is 3.13. The molecule has 1 N–H and O–H groups in total. The minimum absolute atomic E-state index is 0.140. The lowest BCUT2D eigenvalue weighted by Crippen LogP contribution is -2.21. The maximum atomic E-state index is 5.57. The van der Waals surface area contributed by atoms with E-state index in [4.69, 9.17) is 4.74 Å². The lowest BCUT2D eigenvalue weighted by molar-refractivity contribution is 0.232. The molecular weight excluding hydrogens is 226 g/mol. The van der Waals surface area contributed by atoms with Crippen molar-refractivity contribution in [3.63, 3.8) is 0 Å². The number of nitrogens with one attached hydrogen (secondary N) is 1. The summed E-state index contributed by atoms with van der Waals surface area (Å²) in [5.41, 5.74) is 0. The Balaban J connectivity index is 1.93. The molecule has 1 atom stereocenters. The topological polar surface area (TPSA) is 47.0 Å². The van der Waals surface area contributed by atoms with E-state index < -0.39 is 0 Å². The molecule has 1 saturated carbocycles. The van der Waals surface area contributed by atoms with Crippen LogP contribution in [0.15, 0.2) is 12.3 Å². The summed E-state index contributed by atoms with van der Waals surface area (Å²) < 4.78 is 5.57. The van der Waals surface area contributed by atoms with E-state index in [9.17, 15) is 0 Å². The molecule has 18 heavy (non-hydrogen) atoms. The van der Waals surface area contributed by atoms with E-state index >= 15 is 0 Å². The van der Waals surface area contributed by atoms with E-state index in [1.54, 1.807) is 12.3 Å². The van der Waals surface area contributed by atoms with Crippen LogP contribution < -0.4 is 10.1 Å². The highest BCUT2D eigenvalue weighted by Crippen LogP contribution is 2.34. The summed E-state index contributed by atoms with van der Waals surface area (Å²) in [7, 11) is 0. The molecule has 4 heteroatoms. The molecule has 4 nitrogen and oxygen atoms in total. The molecule has 1 unspecified atom stereocenters. The number of anilines is 1. The van der Waals surface area contributed by atoms with Crippen molar-refractivity contribution in [1.29, 1.82) is 0 Å². The van der Waals surface area contributed by atoms with Gasteiger partial charge in [0.15, 0.2) is 0 Å². The highest BCUT2D eigenvalue weighted by molar-refractivity contribution is 5.29. The molecule has 1 aromatic heterocycles. The number of hydrogen-bond acceptors (Lipinski definition) is 4. The number of aromatic nitrogens is 2. The Kier molecular flexibility index (Phi) is 4.39. The van der Waals surface area contributed by atoms with Crippen molar-refractivity contribution < 1.29 is 4.74 Å². The van der Waals surface area contributed by atoms with Gasteiger partial charge in [0.25, 0.3) is 0 Å². The van der Waals surface area contributed by atoms with Crippen LogP contribution in [0, 0.1) is 5.92 Å². The van der Waals surface area contributed by atoms with E-state index in [-0.39, 0.29) is 6.10 Å². The minimum Gasteiger partial charge on any atom is -0.475 e. The first kappa shape index (κ1) is 13.1. The van der Waals surface area contributed by atoms with Crippen LogP contribution in [0.2, 0.25) is 0 Å². The van der Waals surface area contributed by atoms with Crippen LogP contribution in [0.4, 0.5) is 5.95 Å². The van der Waals surface area contributed by atoms with Crippen molar-refractivity contribution in [2.75, 3.05) is 5.32 Å². The fourth-order valence-corrected chi connectivity index (χ4v) is 1.98. The third kappa shape index (κ3) is 4.17. The molecular formula is C14H23N3O. The Morgan fingerprint density at radius 2 is 2.22 bits per heavy atom. The van der Waals surface area contributed by atoms with Gasteiger partial charge >= 0.3 is 0 Å². The molecule has 1 aliphatic rings. The maximum absolute atomic E-state index is 5.57. The van der Waals surface area contributed by atoms with Crippen LogP contribution in [-0.4, -0.2) is 22.1 Å². The van der Waals surface area contributed by atoms with Gasteiger partial charge in [0.05, 0.1) is 6.10 Å². The first-order valence-electron chi connectivity index (χ1n) is 6.93. The van der Waals surface area contributed by atoms with Crippen molar-refractivity contribution in [2.45, 2.75) is 58.6 Å². The van der Waals surface area contributed by atoms with Gasteiger partial charge in [0.2, 0.25) is 11.8 Å². The molecule has 0 saturated heterocycles. The van der Waals surface area contributed by atoms with Gasteiger partial charge in [-0.2, -0.15) is 4.98 Å². The van der Waals surface area contributed by atoms with E-state index in [0.29, 0.717) is 17.9 Å². The summed E-state index contributed by atoms with van der Waals surface area (Å²) in [5.74, 6) is 2.24. The molecule has 1 heterocycles. The van der Waals surface area contributed by atoms with Gasteiger partial charge in [-0.1, -0.05) is 19.8 Å². The van der Waals surface area contributed by atoms with Crippen molar-refractivity contribution in [3.05, 3.63) is 12.3 Å². The maximum Gasteiger partial charge on any atom is 0.226 e. The zero-order chi connectivity index (χ0) is 13.0. The Morgan fingerprint density at radius 1 is 1.44 bits per heavy atom. The van der Waals surface area contributed by atoms with Gasteiger partial charge in [-0.25, -0.2) is 4.98 Å². The molecule has 0 bridgehead atoms. The highest BCUT2D eigenvalue weighted by atomic mass is 16.5. The van der Waals surface area contributed by atoms with E-state index in [1.165, 1.54) is 19.3 Å². The predicted octanol–water partition coefficient (Wildman–Crippen LogP) is 3.25. The lowest BCUT2D eigenvalue weighted by Gasteiger charge is -2.17. The predicted molar refractivity (Wildman–Crippen MR) is 72.8 cm³/mol. The Morgan fingerprint density at radius 3 is 2.83 bits per heavy atom. The van der Waals surface area contributed by atoms with Crippen molar-refractivity contribution >= 4 is 5.95 Å². The summed E-state index contributed by atoms with van der Waals surface area (Å²) in [5, 5.41) is 3.41. The molecule has 1 fully saturated rings. The van der Waals surface area contributed by atoms with E-state index in [2.05, 4.69) is 22.2 Å². The first-order valence-corrected chi connectivity index (χ1v) is 6.93. The monoisotopic (exact) mass is 249 g/mol. The second kappa shape index (κ2) is 6.03. The molecule has 0 radical (unpaired) electrons. The number of nitrogens with zero attached hydrogens (tertiary/aromatic N) is 2. The zero-order valence-electron chi connectivity index (χ0n) is 11.5. The quantitative estimate of drug-likeness (QED) is 0.805. The van der Waals surface area contributed by atoms with E-state index in [1.807, 2.05) is 13.8 Å². The van der Waals surface area contributed by atoms with Crippen LogP contribution >= 0.6 is 0 Å². The van der Waals surface area contributed by atoms with Gasteiger partial charge < -0.3 is 10.1 Å². The second-order valence-electron chi connectivity index (χ2n) is 5.31. The summed E-state index contributed by atoms with van der Waals surface area (Å²) in [6.07, 6.45) is 6.99. The number of rotatable bonds is 7. The third-order valence-electron chi connectivity index (χ3n) is 3.13. The summed E-state index contributed by atoms with van der Waals surface area (Å²) in [6.45, 7) is 6.20. The van der Waals surface area contributed by atoms with Gasteiger partial charge in [-0.3, -0.25) is 0 Å². The molecule has 2 rings (SSSR count). The summed E-state index contributed by atoms with van der Waals surface area (Å²) in [6, 6.07) is 2.28. The lowest BCUT2D eigenvalue weighted by atomic mass is 10.1. The normalized spacial score (nSPS) is 16.7. The van der Waals surface area contributed by atoms with E-state index in [0.717, 1.165) is 12.3 Å². The van der Waals surface area contributed by atoms with Crippen molar-refractivity contribution in [3.8, 4) is 5.88 Å². The molecule has 0 spiro atoms.